The summed E-state index contributed by atoms with van der Waals surface area (Å²) in [4.78, 5) is 0. The SMILES string of the molecule is CC(C)(C)NCC(O)c1cccc(OC2CC2)c1. The van der Waals surface area contributed by atoms with Crippen LogP contribution in [0, 0.1) is 0 Å². The summed E-state index contributed by atoms with van der Waals surface area (Å²) in [5.41, 5.74) is 0.924. The van der Waals surface area contributed by atoms with Crippen molar-refractivity contribution in [1.29, 1.82) is 0 Å². The molecular formula is C15H23NO2. The Balaban J connectivity index is 1.93. The second-order valence-corrected chi connectivity index (χ2v) is 6.04. The van der Waals surface area contributed by atoms with E-state index < -0.39 is 6.10 Å². The minimum absolute atomic E-state index is 0.0170. The summed E-state index contributed by atoms with van der Waals surface area (Å²) < 4.78 is 5.73. The average molecular weight is 249 g/mol. The Morgan fingerprint density at radius 2 is 2.11 bits per heavy atom. The number of aliphatic hydroxyl groups is 1. The predicted molar refractivity (Wildman–Crippen MR) is 72.8 cm³/mol. The molecule has 1 atom stereocenters. The molecule has 18 heavy (non-hydrogen) atoms. The number of benzene rings is 1. The first kappa shape index (κ1) is 13.4. The molecule has 1 aromatic carbocycles. The number of rotatable bonds is 5. The molecule has 0 bridgehead atoms. The van der Waals surface area contributed by atoms with Gasteiger partial charge in [-0.3, -0.25) is 0 Å². The molecule has 2 rings (SSSR count). The Bertz CT molecular complexity index is 394. The molecule has 2 N–H and O–H groups in total. The number of ether oxygens (including phenoxy) is 1. The Labute approximate surface area is 109 Å². The summed E-state index contributed by atoms with van der Waals surface area (Å²) in [6, 6.07) is 7.77. The minimum atomic E-state index is -0.494. The second-order valence-electron chi connectivity index (χ2n) is 6.04. The Morgan fingerprint density at radius 3 is 2.72 bits per heavy atom. The monoisotopic (exact) mass is 249 g/mol. The van der Waals surface area contributed by atoms with Crippen LogP contribution in [0.1, 0.15) is 45.3 Å². The van der Waals surface area contributed by atoms with Crippen molar-refractivity contribution in [3.63, 3.8) is 0 Å². The third-order valence-corrected chi connectivity index (χ3v) is 2.90. The molecule has 3 nitrogen and oxygen atoms in total. The van der Waals surface area contributed by atoms with Crippen LogP contribution in [0.3, 0.4) is 0 Å². The van der Waals surface area contributed by atoms with E-state index in [0.29, 0.717) is 12.6 Å². The van der Waals surface area contributed by atoms with Gasteiger partial charge >= 0.3 is 0 Å². The van der Waals surface area contributed by atoms with Crippen molar-refractivity contribution < 1.29 is 9.84 Å². The van der Waals surface area contributed by atoms with Gasteiger partial charge < -0.3 is 15.2 Å². The maximum absolute atomic E-state index is 10.1. The summed E-state index contributed by atoms with van der Waals surface area (Å²) in [7, 11) is 0. The van der Waals surface area contributed by atoms with Gasteiger partial charge in [-0.2, -0.15) is 0 Å². The van der Waals surface area contributed by atoms with Crippen LogP contribution in [0.15, 0.2) is 24.3 Å². The molecule has 1 aromatic rings. The fourth-order valence-corrected chi connectivity index (χ4v) is 1.69. The molecule has 0 spiro atoms. The molecule has 1 fully saturated rings. The van der Waals surface area contributed by atoms with E-state index in [1.54, 1.807) is 0 Å². The lowest BCUT2D eigenvalue weighted by atomic mass is 10.1. The number of hydrogen-bond acceptors (Lipinski definition) is 3. The van der Waals surface area contributed by atoms with Crippen LogP contribution >= 0.6 is 0 Å². The Kier molecular flexibility index (Phi) is 3.93. The van der Waals surface area contributed by atoms with Crippen LogP contribution < -0.4 is 10.1 Å². The molecule has 0 aromatic heterocycles. The fourth-order valence-electron chi connectivity index (χ4n) is 1.69. The van der Waals surface area contributed by atoms with Gasteiger partial charge in [0.25, 0.3) is 0 Å². The highest BCUT2D eigenvalue weighted by molar-refractivity contribution is 5.30. The lowest BCUT2D eigenvalue weighted by Gasteiger charge is -2.23. The first-order chi connectivity index (χ1) is 8.44. The average Bonchev–Trinajstić information content (AvgIpc) is 3.09. The molecule has 100 valence electrons. The number of hydrogen-bond donors (Lipinski definition) is 2. The van der Waals surface area contributed by atoms with E-state index in [1.807, 2.05) is 24.3 Å². The van der Waals surface area contributed by atoms with Gasteiger partial charge in [-0.1, -0.05) is 12.1 Å². The van der Waals surface area contributed by atoms with Crippen LogP contribution in [0.2, 0.25) is 0 Å². The molecule has 0 heterocycles. The van der Waals surface area contributed by atoms with Gasteiger partial charge in [0, 0.05) is 12.1 Å². The standard InChI is InChI=1S/C15H23NO2/c1-15(2,3)16-10-14(17)11-5-4-6-13(9-11)18-12-7-8-12/h4-6,9,12,14,16-17H,7-8,10H2,1-3H3. The smallest absolute Gasteiger partial charge is 0.120 e. The highest BCUT2D eigenvalue weighted by Gasteiger charge is 2.23. The number of β-amino-alcohol motifs (C(OH)–C–C–N with tert-alkyl or cyclic N) is 1. The van der Waals surface area contributed by atoms with Gasteiger partial charge in [0.2, 0.25) is 0 Å². The summed E-state index contributed by atoms with van der Waals surface area (Å²) >= 11 is 0. The molecule has 0 saturated heterocycles. The van der Waals surface area contributed by atoms with E-state index in [4.69, 9.17) is 4.74 Å². The van der Waals surface area contributed by atoms with E-state index in [0.717, 1.165) is 24.2 Å². The third-order valence-electron chi connectivity index (χ3n) is 2.90. The van der Waals surface area contributed by atoms with Crippen molar-refractivity contribution in [2.75, 3.05) is 6.54 Å². The molecule has 1 saturated carbocycles. The zero-order chi connectivity index (χ0) is 13.2. The quantitative estimate of drug-likeness (QED) is 0.843. The topological polar surface area (TPSA) is 41.5 Å². The summed E-state index contributed by atoms with van der Waals surface area (Å²) in [6.45, 7) is 6.82. The Hall–Kier alpha value is -1.06. The van der Waals surface area contributed by atoms with E-state index >= 15 is 0 Å². The first-order valence-electron chi connectivity index (χ1n) is 6.64. The van der Waals surface area contributed by atoms with Crippen LogP contribution in [-0.4, -0.2) is 23.3 Å². The zero-order valence-electron chi connectivity index (χ0n) is 11.4. The number of aliphatic hydroxyl groups excluding tert-OH is 1. The molecule has 1 aliphatic carbocycles. The van der Waals surface area contributed by atoms with Crippen LogP contribution in [0.4, 0.5) is 0 Å². The molecule has 1 aliphatic rings. The Morgan fingerprint density at radius 1 is 1.39 bits per heavy atom. The minimum Gasteiger partial charge on any atom is -0.490 e. The normalized spacial score (nSPS) is 17.6. The van der Waals surface area contributed by atoms with Crippen LogP contribution in [0.25, 0.3) is 0 Å². The van der Waals surface area contributed by atoms with E-state index in [9.17, 15) is 5.11 Å². The van der Waals surface area contributed by atoms with Gasteiger partial charge in [-0.15, -0.1) is 0 Å². The summed E-state index contributed by atoms with van der Waals surface area (Å²) in [5.74, 6) is 0.866. The summed E-state index contributed by atoms with van der Waals surface area (Å²) in [5, 5.41) is 13.4. The lowest BCUT2D eigenvalue weighted by molar-refractivity contribution is 0.162. The molecule has 0 radical (unpaired) electrons. The van der Waals surface area contributed by atoms with Crippen molar-refractivity contribution >= 4 is 0 Å². The van der Waals surface area contributed by atoms with Gasteiger partial charge in [0.1, 0.15) is 5.75 Å². The molecule has 1 unspecified atom stereocenters. The van der Waals surface area contributed by atoms with E-state index in [-0.39, 0.29) is 5.54 Å². The highest BCUT2D eigenvalue weighted by Crippen LogP contribution is 2.28. The van der Waals surface area contributed by atoms with Gasteiger partial charge in [0.15, 0.2) is 0 Å². The first-order valence-corrected chi connectivity index (χ1v) is 6.64. The third kappa shape index (κ3) is 4.31. The van der Waals surface area contributed by atoms with Gasteiger partial charge in [0.05, 0.1) is 12.2 Å². The van der Waals surface area contributed by atoms with Crippen molar-refractivity contribution in [3.8, 4) is 5.75 Å². The molecular weight excluding hydrogens is 226 g/mol. The lowest BCUT2D eigenvalue weighted by Crippen LogP contribution is -2.38. The van der Waals surface area contributed by atoms with E-state index in [2.05, 4.69) is 26.1 Å². The maximum atomic E-state index is 10.1. The largest absolute Gasteiger partial charge is 0.490 e. The maximum Gasteiger partial charge on any atom is 0.120 e. The number of nitrogens with one attached hydrogen (secondary N) is 1. The molecule has 0 aliphatic heterocycles. The zero-order valence-corrected chi connectivity index (χ0v) is 11.4. The highest BCUT2D eigenvalue weighted by atomic mass is 16.5. The molecule has 0 amide bonds. The van der Waals surface area contributed by atoms with Gasteiger partial charge in [-0.25, -0.2) is 0 Å². The molecule has 3 heteroatoms. The summed E-state index contributed by atoms with van der Waals surface area (Å²) in [6.07, 6.45) is 2.20. The fraction of sp³-hybridized carbons (Fsp3) is 0.600. The van der Waals surface area contributed by atoms with Crippen molar-refractivity contribution in [2.45, 2.75) is 51.4 Å². The van der Waals surface area contributed by atoms with Crippen LogP contribution in [-0.2, 0) is 0 Å². The van der Waals surface area contributed by atoms with Crippen molar-refractivity contribution in [1.82, 2.24) is 5.32 Å². The van der Waals surface area contributed by atoms with Crippen molar-refractivity contribution in [3.05, 3.63) is 29.8 Å². The van der Waals surface area contributed by atoms with Crippen molar-refractivity contribution in [2.24, 2.45) is 0 Å². The van der Waals surface area contributed by atoms with Gasteiger partial charge in [-0.05, 0) is 51.3 Å². The second kappa shape index (κ2) is 5.29. The predicted octanol–water partition coefficient (Wildman–Crippen LogP) is 2.65. The van der Waals surface area contributed by atoms with E-state index in [1.165, 1.54) is 0 Å². The van der Waals surface area contributed by atoms with Crippen LogP contribution in [0.5, 0.6) is 5.75 Å².